The molecule has 0 N–H and O–H groups in total. The second-order valence-corrected chi connectivity index (χ2v) is 10.8. The van der Waals surface area contributed by atoms with Gasteiger partial charge < -0.3 is 9.47 Å². The molecule has 1 aliphatic carbocycles. The van der Waals surface area contributed by atoms with Gasteiger partial charge in [0.1, 0.15) is 0 Å². The highest BCUT2D eigenvalue weighted by atomic mass is 16.7. The molecule has 0 spiro atoms. The van der Waals surface area contributed by atoms with Crippen molar-refractivity contribution >= 4 is 0 Å². The maximum atomic E-state index is 9.56. The number of nitrogens with zero attached hydrogens (tertiary/aromatic N) is 1. The SMILES string of the molecule is CCCCCCCC1COC(c2ccc(-c3ccc(C4CCC(C#N)(CC)CC4)cc3)cc2)OC1. The smallest absolute Gasteiger partial charge is 0.183 e. The van der Waals surface area contributed by atoms with E-state index in [1.807, 2.05) is 0 Å². The number of unbranched alkanes of at least 4 members (excludes halogenated alkanes) is 4. The van der Waals surface area contributed by atoms with Crippen molar-refractivity contribution in [3.63, 3.8) is 0 Å². The summed E-state index contributed by atoms with van der Waals surface area (Å²) in [5, 5.41) is 9.56. The molecule has 1 saturated carbocycles. The van der Waals surface area contributed by atoms with Gasteiger partial charge in [-0.1, -0.05) is 94.5 Å². The first-order valence-corrected chi connectivity index (χ1v) is 14.0. The molecule has 0 radical (unpaired) electrons. The fourth-order valence-corrected chi connectivity index (χ4v) is 5.77. The number of hydrogen-bond donors (Lipinski definition) is 0. The van der Waals surface area contributed by atoms with Crippen LogP contribution >= 0.6 is 0 Å². The second kappa shape index (κ2) is 12.7. The molecule has 188 valence electrons. The Labute approximate surface area is 212 Å². The van der Waals surface area contributed by atoms with E-state index in [0.29, 0.717) is 11.8 Å². The highest BCUT2D eigenvalue weighted by molar-refractivity contribution is 5.64. The quantitative estimate of drug-likeness (QED) is 0.323. The van der Waals surface area contributed by atoms with E-state index in [0.717, 1.165) is 50.9 Å². The van der Waals surface area contributed by atoms with Gasteiger partial charge in [0.15, 0.2) is 6.29 Å². The summed E-state index contributed by atoms with van der Waals surface area (Å²) in [5.41, 5.74) is 4.89. The minimum absolute atomic E-state index is 0.0842. The van der Waals surface area contributed by atoms with Crippen molar-refractivity contribution in [2.45, 2.75) is 96.7 Å². The monoisotopic (exact) mass is 473 g/mol. The van der Waals surface area contributed by atoms with Crippen LogP contribution in [0.2, 0.25) is 0 Å². The Morgan fingerprint density at radius 1 is 0.800 bits per heavy atom. The third-order valence-electron chi connectivity index (χ3n) is 8.44. The standard InChI is InChI=1S/C32H43NO2/c1-3-5-6-7-8-9-25-22-34-31(35-23-25)30-16-14-27(15-17-30)26-10-12-28(13-11-26)29-18-20-32(4-2,24-33)21-19-29/h10-17,25,29,31H,3-9,18-23H2,1-2H3. The molecule has 1 heterocycles. The summed E-state index contributed by atoms with van der Waals surface area (Å²) in [5.74, 6) is 1.12. The van der Waals surface area contributed by atoms with E-state index in [4.69, 9.17) is 9.47 Å². The largest absolute Gasteiger partial charge is 0.348 e. The van der Waals surface area contributed by atoms with Crippen molar-refractivity contribution in [2.75, 3.05) is 13.2 Å². The molecule has 3 heteroatoms. The highest BCUT2D eigenvalue weighted by Crippen LogP contribution is 2.44. The van der Waals surface area contributed by atoms with Crippen LogP contribution in [0.1, 0.15) is 108 Å². The van der Waals surface area contributed by atoms with Crippen molar-refractivity contribution in [2.24, 2.45) is 11.3 Å². The first-order valence-electron chi connectivity index (χ1n) is 14.0. The number of ether oxygens (including phenoxy) is 2. The average Bonchev–Trinajstić information content (AvgIpc) is 2.93. The first kappa shape index (κ1) is 25.9. The van der Waals surface area contributed by atoms with E-state index in [1.54, 1.807) is 0 Å². The van der Waals surface area contributed by atoms with Crippen molar-refractivity contribution in [1.29, 1.82) is 5.26 Å². The molecule has 35 heavy (non-hydrogen) atoms. The van der Waals surface area contributed by atoms with Crippen molar-refractivity contribution < 1.29 is 9.47 Å². The van der Waals surface area contributed by atoms with Crippen LogP contribution in [-0.2, 0) is 9.47 Å². The average molecular weight is 474 g/mol. The lowest BCUT2D eigenvalue weighted by Gasteiger charge is -2.34. The lowest BCUT2D eigenvalue weighted by molar-refractivity contribution is -0.206. The Morgan fingerprint density at radius 2 is 1.37 bits per heavy atom. The molecule has 0 amide bonds. The molecule has 0 aromatic heterocycles. The summed E-state index contributed by atoms with van der Waals surface area (Å²) in [4.78, 5) is 0. The molecule has 0 unspecified atom stereocenters. The van der Waals surface area contributed by atoms with Gasteiger partial charge in [-0.05, 0) is 61.1 Å². The van der Waals surface area contributed by atoms with Gasteiger partial charge >= 0.3 is 0 Å². The normalized spacial score (nSPS) is 26.8. The summed E-state index contributed by atoms with van der Waals surface area (Å²) >= 11 is 0. The topological polar surface area (TPSA) is 42.2 Å². The van der Waals surface area contributed by atoms with Gasteiger partial charge in [-0.2, -0.15) is 5.26 Å². The van der Waals surface area contributed by atoms with E-state index in [1.165, 1.54) is 55.2 Å². The van der Waals surface area contributed by atoms with Gasteiger partial charge in [0.25, 0.3) is 0 Å². The van der Waals surface area contributed by atoms with E-state index in [9.17, 15) is 5.26 Å². The Balaban J connectivity index is 1.26. The van der Waals surface area contributed by atoms with Crippen molar-refractivity contribution in [1.82, 2.24) is 0 Å². The zero-order valence-corrected chi connectivity index (χ0v) is 21.8. The molecule has 4 rings (SSSR count). The number of benzene rings is 2. The first-order chi connectivity index (χ1) is 17.2. The van der Waals surface area contributed by atoms with E-state index in [2.05, 4.69) is 68.4 Å². The predicted molar refractivity (Wildman–Crippen MR) is 143 cm³/mol. The summed E-state index contributed by atoms with van der Waals surface area (Å²) in [6.45, 7) is 6.02. The molecule has 1 saturated heterocycles. The second-order valence-electron chi connectivity index (χ2n) is 10.8. The summed E-state index contributed by atoms with van der Waals surface area (Å²) in [6, 6.07) is 20.3. The van der Waals surface area contributed by atoms with Crippen LogP contribution in [0.4, 0.5) is 0 Å². The van der Waals surface area contributed by atoms with Gasteiger partial charge in [-0.25, -0.2) is 0 Å². The van der Waals surface area contributed by atoms with Crippen molar-refractivity contribution in [3.05, 3.63) is 59.7 Å². The van der Waals surface area contributed by atoms with E-state index < -0.39 is 0 Å². The van der Waals surface area contributed by atoms with E-state index in [-0.39, 0.29) is 11.7 Å². The lowest BCUT2D eigenvalue weighted by atomic mass is 9.68. The maximum Gasteiger partial charge on any atom is 0.183 e. The molecular weight excluding hydrogens is 430 g/mol. The van der Waals surface area contributed by atoms with Gasteiger partial charge in [0.05, 0.1) is 24.7 Å². The lowest BCUT2D eigenvalue weighted by Crippen LogP contribution is -2.27. The van der Waals surface area contributed by atoms with Crippen LogP contribution in [0.15, 0.2) is 48.5 Å². The Kier molecular flexibility index (Phi) is 9.41. The fourth-order valence-electron chi connectivity index (χ4n) is 5.77. The van der Waals surface area contributed by atoms with Crippen LogP contribution in [0, 0.1) is 22.7 Å². The molecule has 1 aliphatic heterocycles. The molecule has 0 atom stereocenters. The Hall–Kier alpha value is -2.15. The Morgan fingerprint density at radius 3 is 1.91 bits per heavy atom. The summed E-state index contributed by atoms with van der Waals surface area (Å²) < 4.78 is 12.1. The number of hydrogen-bond acceptors (Lipinski definition) is 3. The zero-order valence-electron chi connectivity index (χ0n) is 21.8. The number of rotatable bonds is 10. The third kappa shape index (κ3) is 6.75. The fraction of sp³-hybridized carbons (Fsp3) is 0.594. The van der Waals surface area contributed by atoms with Crippen LogP contribution in [-0.4, -0.2) is 13.2 Å². The summed E-state index contributed by atoms with van der Waals surface area (Å²) in [7, 11) is 0. The molecular formula is C32H43NO2. The predicted octanol–water partition coefficient (Wildman–Crippen LogP) is 8.95. The van der Waals surface area contributed by atoms with Crippen LogP contribution < -0.4 is 0 Å². The molecule has 2 aliphatic rings. The molecule has 2 aromatic rings. The molecule has 0 bridgehead atoms. The molecule has 2 fully saturated rings. The maximum absolute atomic E-state index is 9.56. The van der Waals surface area contributed by atoms with Gasteiger partial charge in [0, 0.05) is 11.5 Å². The Bertz CT molecular complexity index is 927. The molecule has 2 aromatic carbocycles. The van der Waals surface area contributed by atoms with Crippen LogP contribution in [0.3, 0.4) is 0 Å². The van der Waals surface area contributed by atoms with Gasteiger partial charge in [-0.3, -0.25) is 0 Å². The molecule has 3 nitrogen and oxygen atoms in total. The van der Waals surface area contributed by atoms with Gasteiger partial charge in [0.2, 0.25) is 0 Å². The number of nitriles is 1. The van der Waals surface area contributed by atoms with Gasteiger partial charge in [-0.15, -0.1) is 0 Å². The minimum atomic E-state index is -0.238. The van der Waals surface area contributed by atoms with Crippen LogP contribution in [0.25, 0.3) is 11.1 Å². The van der Waals surface area contributed by atoms with Crippen LogP contribution in [0.5, 0.6) is 0 Å². The van der Waals surface area contributed by atoms with Crippen molar-refractivity contribution in [3.8, 4) is 17.2 Å². The third-order valence-corrected chi connectivity index (χ3v) is 8.44. The zero-order chi connectivity index (χ0) is 24.5. The van der Waals surface area contributed by atoms with E-state index >= 15 is 0 Å². The summed E-state index contributed by atoms with van der Waals surface area (Å²) in [6.07, 6.45) is 12.9. The minimum Gasteiger partial charge on any atom is -0.348 e. The highest BCUT2D eigenvalue weighted by Gasteiger charge is 2.34.